The molecule has 1 unspecified atom stereocenters. The Kier molecular flexibility index (Phi) is 5.53. The molecule has 4 aromatic rings. The second-order valence-corrected chi connectivity index (χ2v) is 7.08. The average molecular weight is 433 g/mol. The van der Waals surface area contributed by atoms with Crippen LogP contribution in [0.3, 0.4) is 0 Å². The number of fused-ring (bicyclic) bond motifs is 1. The summed E-state index contributed by atoms with van der Waals surface area (Å²) in [6.45, 7) is 0.632. The van der Waals surface area contributed by atoms with Gasteiger partial charge in [0.05, 0.1) is 12.2 Å². The Labute approximate surface area is 175 Å². The largest absolute Gasteiger partial charge is 0.484 e. The van der Waals surface area contributed by atoms with E-state index >= 15 is 0 Å². The van der Waals surface area contributed by atoms with Crippen molar-refractivity contribution in [3.63, 3.8) is 0 Å². The molecule has 0 bridgehead atoms. The Morgan fingerprint density at radius 2 is 1.97 bits per heavy atom. The predicted octanol–water partition coefficient (Wildman–Crippen LogP) is 4.83. The zero-order valence-electron chi connectivity index (χ0n) is 16.7. The molecule has 0 spiro atoms. The lowest BCUT2D eigenvalue weighted by molar-refractivity contribution is 0.0792. The summed E-state index contributed by atoms with van der Waals surface area (Å²) >= 11 is 0. The highest BCUT2D eigenvalue weighted by Gasteiger charge is 2.20. The van der Waals surface area contributed by atoms with Gasteiger partial charge in [0, 0.05) is 48.4 Å². The quantitative estimate of drug-likeness (QED) is 0.424. The number of alkyl halides is 2. The molecule has 0 saturated carbocycles. The standard InChI is InChI=1S/C21H19F4N5O/c1-12(15-7-14(22)8-17(23)20(15)31-11-18(24)25)27-19-4-6-30-21(28-19)16(9-26-30)13-3-5-29(2)10-13/h3-10,12,18H,11H2,1-2H3,(H,27,28). The van der Waals surface area contributed by atoms with Gasteiger partial charge in [-0.25, -0.2) is 27.1 Å². The number of benzene rings is 1. The van der Waals surface area contributed by atoms with E-state index in [1.807, 2.05) is 30.1 Å². The van der Waals surface area contributed by atoms with Gasteiger partial charge in [-0.05, 0) is 25.1 Å². The first-order valence-corrected chi connectivity index (χ1v) is 9.45. The maximum Gasteiger partial charge on any atom is 0.272 e. The van der Waals surface area contributed by atoms with E-state index in [1.54, 1.807) is 29.9 Å². The summed E-state index contributed by atoms with van der Waals surface area (Å²) in [5, 5.41) is 7.34. The van der Waals surface area contributed by atoms with E-state index in [-0.39, 0.29) is 5.56 Å². The van der Waals surface area contributed by atoms with Crippen LogP contribution in [0, 0.1) is 11.6 Å². The number of halogens is 4. The minimum Gasteiger partial charge on any atom is -0.484 e. The number of ether oxygens (including phenoxy) is 1. The molecule has 3 heterocycles. The molecule has 0 fully saturated rings. The summed E-state index contributed by atoms with van der Waals surface area (Å²) in [7, 11) is 1.91. The Balaban J connectivity index is 1.65. The predicted molar refractivity (Wildman–Crippen MR) is 107 cm³/mol. The van der Waals surface area contributed by atoms with Gasteiger partial charge in [0.15, 0.2) is 17.2 Å². The Morgan fingerprint density at radius 1 is 1.16 bits per heavy atom. The van der Waals surface area contributed by atoms with Gasteiger partial charge in [-0.15, -0.1) is 0 Å². The molecule has 0 radical (unpaired) electrons. The number of hydrogen-bond donors (Lipinski definition) is 1. The van der Waals surface area contributed by atoms with Crippen molar-refractivity contribution < 1.29 is 22.3 Å². The first-order chi connectivity index (χ1) is 14.8. The number of rotatable bonds is 7. The summed E-state index contributed by atoms with van der Waals surface area (Å²) in [5.41, 5.74) is 2.40. The maximum absolute atomic E-state index is 14.2. The summed E-state index contributed by atoms with van der Waals surface area (Å²) in [6, 6.07) is 4.55. The van der Waals surface area contributed by atoms with E-state index in [4.69, 9.17) is 4.74 Å². The molecular weight excluding hydrogens is 414 g/mol. The molecular formula is C21H19F4N5O. The normalized spacial score (nSPS) is 12.5. The average Bonchev–Trinajstić information content (AvgIpc) is 3.32. The van der Waals surface area contributed by atoms with E-state index < -0.39 is 36.5 Å². The van der Waals surface area contributed by atoms with Crippen LogP contribution < -0.4 is 10.1 Å². The van der Waals surface area contributed by atoms with Crippen molar-refractivity contribution >= 4 is 11.5 Å². The molecule has 1 atom stereocenters. The molecule has 1 aromatic carbocycles. The lowest BCUT2D eigenvalue weighted by Gasteiger charge is -2.19. The summed E-state index contributed by atoms with van der Waals surface area (Å²) < 4.78 is 61.5. The molecule has 0 amide bonds. The summed E-state index contributed by atoms with van der Waals surface area (Å²) in [5.74, 6) is -1.88. The van der Waals surface area contributed by atoms with Crippen molar-refractivity contribution in [2.45, 2.75) is 19.4 Å². The first-order valence-electron chi connectivity index (χ1n) is 9.45. The van der Waals surface area contributed by atoms with Gasteiger partial charge in [-0.3, -0.25) is 0 Å². The van der Waals surface area contributed by atoms with Gasteiger partial charge in [0.25, 0.3) is 6.43 Å². The van der Waals surface area contributed by atoms with E-state index in [9.17, 15) is 17.6 Å². The molecule has 4 rings (SSSR count). The molecule has 0 aliphatic rings. The van der Waals surface area contributed by atoms with E-state index in [2.05, 4.69) is 15.4 Å². The molecule has 6 nitrogen and oxygen atoms in total. The van der Waals surface area contributed by atoms with Crippen LogP contribution in [0.5, 0.6) is 5.75 Å². The van der Waals surface area contributed by atoms with Gasteiger partial charge in [0.2, 0.25) is 0 Å². The summed E-state index contributed by atoms with van der Waals surface area (Å²) in [6.07, 6.45) is 4.45. The molecule has 0 aliphatic carbocycles. The fraction of sp³-hybridized carbons (Fsp3) is 0.238. The van der Waals surface area contributed by atoms with E-state index in [0.29, 0.717) is 17.5 Å². The third-order valence-corrected chi connectivity index (χ3v) is 4.73. The van der Waals surface area contributed by atoms with Crippen molar-refractivity contribution in [2.75, 3.05) is 11.9 Å². The minimum absolute atomic E-state index is 0.0663. The van der Waals surface area contributed by atoms with Crippen molar-refractivity contribution in [3.05, 3.63) is 66.3 Å². The third-order valence-electron chi connectivity index (χ3n) is 4.73. The number of hydrogen-bond acceptors (Lipinski definition) is 4. The SMILES string of the molecule is CC(Nc1ccn2ncc(-c3ccn(C)c3)c2n1)c1cc(F)cc(F)c1OCC(F)F. The number of aryl methyl sites for hydroxylation is 1. The number of nitrogens with one attached hydrogen (secondary N) is 1. The first kappa shape index (κ1) is 20.7. The number of nitrogens with zero attached hydrogens (tertiary/aromatic N) is 4. The van der Waals surface area contributed by atoms with Crippen molar-refractivity contribution in [1.29, 1.82) is 0 Å². The second-order valence-electron chi connectivity index (χ2n) is 7.08. The van der Waals surface area contributed by atoms with Gasteiger partial charge < -0.3 is 14.6 Å². The molecule has 0 aliphatic heterocycles. The second kappa shape index (κ2) is 8.29. The van der Waals surface area contributed by atoms with Crippen LogP contribution in [-0.2, 0) is 7.05 Å². The third kappa shape index (κ3) is 4.32. The van der Waals surface area contributed by atoms with Crippen LogP contribution in [0.15, 0.2) is 49.1 Å². The van der Waals surface area contributed by atoms with Crippen molar-refractivity contribution in [3.8, 4) is 16.9 Å². The number of aromatic nitrogens is 4. The molecule has 162 valence electrons. The van der Waals surface area contributed by atoms with E-state index in [0.717, 1.165) is 17.2 Å². The highest BCUT2D eigenvalue weighted by Crippen LogP contribution is 2.32. The van der Waals surface area contributed by atoms with Crippen molar-refractivity contribution in [2.24, 2.45) is 7.05 Å². The molecule has 0 saturated heterocycles. The number of anilines is 1. The summed E-state index contributed by atoms with van der Waals surface area (Å²) in [4.78, 5) is 4.57. The maximum atomic E-state index is 14.2. The Morgan fingerprint density at radius 3 is 2.68 bits per heavy atom. The molecule has 3 aromatic heterocycles. The van der Waals surface area contributed by atoms with Crippen molar-refractivity contribution in [1.82, 2.24) is 19.2 Å². The van der Waals surface area contributed by atoms with Crippen LogP contribution in [0.1, 0.15) is 18.5 Å². The Hall–Kier alpha value is -3.56. The molecule has 10 heteroatoms. The lowest BCUT2D eigenvalue weighted by atomic mass is 10.1. The highest BCUT2D eigenvalue weighted by molar-refractivity contribution is 5.77. The van der Waals surface area contributed by atoms with Crippen LogP contribution >= 0.6 is 0 Å². The monoisotopic (exact) mass is 433 g/mol. The lowest BCUT2D eigenvalue weighted by Crippen LogP contribution is -2.14. The molecule has 1 N–H and O–H groups in total. The van der Waals surface area contributed by atoms with Gasteiger partial charge in [-0.2, -0.15) is 5.10 Å². The zero-order valence-corrected chi connectivity index (χ0v) is 16.7. The van der Waals surface area contributed by atoms with Gasteiger partial charge in [0.1, 0.15) is 18.2 Å². The smallest absolute Gasteiger partial charge is 0.272 e. The van der Waals surface area contributed by atoms with Gasteiger partial charge in [-0.1, -0.05) is 0 Å². The topological polar surface area (TPSA) is 56.4 Å². The Bertz CT molecular complexity index is 1220. The van der Waals surface area contributed by atoms with Crippen LogP contribution in [0.25, 0.3) is 16.8 Å². The van der Waals surface area contributed by atoms with Crippen LogP contribution in [0.2, 0.25) is 0 Å². The minimum atomic E-state index is -2.79. The fourth-order valence-electron chi connectivity index (χ4n) is 3.32. The van der Waals surface area contributed by atoms with Crippen LogP contribution in [0.4, 0.5) is 23.4 Å². The molecule has 31 heavy (non-hydrogen) atoms. The van der Waals surface area contributed by atoms with Crippen LogP contribution in [-0.4, -0.2) is 32.2 Å². The zero-order chi connectivity index (χ0) is 22.1. The van der Waals surface area contributed by atoms with Gasteiger partial charge >= 0.3 is 0 Å². The fourth-order valence-corrected chi connectivity index (χ4v) is 3.32. The van der Waals surface area contributed by atoms with E-state index in [1.165, 1.54) is 0 Å². The highest BCUT2D eigenvalue weighted by atomic mass is 19.3.